The molecule has 0 aromatic heterocycles. The zero-order valence-corrected chi connectivity index (χ0v) is 10.9. The molecule has 2 N–H and O–H groups in total. The maximum Gasteiger partial charge on any atom is 0.292 e. The highest BCUT2D eigenvalue weighted by Gasteiger charge is 2.16. The third kappa shape index (κ3) is 4.22. The minimum atomic E-state index is -0.489. The number of benzene rings is 1. The molecule has 0 saturated heterocycles. The number of nitrogens with one attached hydrogen (secondary N) is 2. The molecule has 7 heteroatoms. The number of nitrogens with zero attached hydrogens (tertiary/aromatic N) is 1. The summed E-state index contributed by atoms with van der Waals surface area (Å²) in [5, 5.41) is 16.4. The summed E-state index contributed by atoms with van der Waals surface area (Å²) in [6.07, 6.45) is 0. The van der Waals surface area contributed by atoms with Crippen LogP contribution in [-0.2, 0) is 4.74 Å². The zero-order valence-electron chi connectivity index (χ0n) is 10.9. The minimum Gasteiger partial charge on any atom is -0.383 e. The van der Waals surface area contributed by atoms with Crippen molar-refractivity contribution in [2.45, 2.75) is 6.92 Å². The van der Waals surface area contributed by atoms with Crippen LogP contribution in [0.1, 0.15) is 17.3 Å². The van der Waals surface area contributed by atoms with Crippen molar-refractivity contribution in [3.63, 3.8) is 0 Å². The lowest BCUT2D eigenvalue weighted by atomic mass is 10.1. The average molecular weight is 267 g/mol. The number of rotatable bonds is 7. The molecule has 19 heavy (non-hydrogen) atoms. The molecule has 1 rings (SSSR count). The first-order valence-electron chi connectivity index (χ1n) is 5.89. The fourth-order valence-corrected chi connectivity index (χ4v) is 1.53. The highest BCUT2D eigenvalue weighted by molar-refractivity contribution is 5.95. The lowest BCUT2D eigenvalue weighted by Gasteiger charge is -2.08. The zero-order chi connectivity index (χ0) is 14.3. The second kappa shape index (κ2) is 7.32. The van der Waals surface area contributed by atoms with E-state index in [2.05, 4.69) is 10.6 Å². The lowest BCUT2D eigenvalue weighted by molar-refractivity contribution is -0.384. The maximum absolute atomic E-state index is 11.7. The molecule has 0 fully saturated rings. The summed E-state index contributed by atoms with van der Waals surface area (Å²) in [5.74, 6) is -0.257. The van der Waals surface area contributed by atoms with Gasteiger partial charge >= 0.3 is 0 Å². The van der Waals surface area contributed by atoms with Crippen molar-refractivity contribution in [3.05, 3.63) is 33.9 Å². The fraction of sp³-hybridized carbons (Fsp3) is 0.417. The van der Waals surface area contributed by atoms with Gasteiger partial charge in [-0.1, -0.05) is 0 Å². The van der Waals surface area contributed by atoms with Crippen LogP contribution in [0.3, 0.4) is 0 Å². The van der Waals surface area contributed by atoms with Crippen LogP contribution in [0.5, 0.6) is 0 Å². The van der Waals surface area contributed by atoms with Crippen molar-refractivity contribution in [2.24, 2.45) is 0 Å². The molecule has 0 saturated carbocycles. The first kappa shape index (κ1) is 14.9. The van der Waals surface area contributed by atoms with Gasteiger partial charge < -0.3 is 15.4 Å². The Morgan fingerprint density at radius 1 is 1.47 bits per heavy atom. The number of hydrogen-bond donors (Lipinski definition) is 2. The molecule has 0 atom stereocenters. The SMILES string of the molecule is CCNC(=O)c1ccc([N+](=O)[O-])c(NCCOC)c1. The Balaban J connectivity index is 2.96. The van der Waals surface area contributed by atoms with E-state index < -0.39 is 4.92 Å². The monoisotopic (exact) mass is 267 g/mol. The molecule has 0 aliphatic carbocycles. The number of hydrogen-bond acceptors (Lipinski definition) is 5. The second-order valence-electron chi connectivity index (χ2n) is 3.77. The number of ether oxygens (including phenoxy) is 1. The topological polar surface area (TPSA) is 93.5 Å². The molecule has 1 aromatic carbocycles. The summed E-state index contributed by atoms with van der Waals surface area (Å²) in [6, 6.07) is 4.23. The lowest BCUT2D eigenvalue weighted by Crippen LogP contribution is -2.22. The molecule has 0 aliphatic heterocycles. The van der Waals surface area contributed by atoms with Crippen molar-refractivity contribution in [1.82, 2.24) is 5.32 Å². The van der Waals surface area contributed by atoms with Gasteiger partial charge in [-0.15, -0.1) is 0 Å². The maximum atomic E-state index is 11.7. The van der Waals surface area contributed by atoms with Crippen molar-refractivity contribution in [2.75, 3.05) is 32.1 Å². The van der Waals surface area contributed by atoms with Gasteiger partial charge in [-0.2, -0.15) is 0 Å². The summed E-state index contributed by atoms with van der Waals surface area (Å²) in [6.45, 7) is 3.15. The largest absolute Gasteiger partial charge is 0.383 e. The Hall–Kier alpha value is -2.15. The average Bonchev–Trinajstić information content (AvgIpc) is 2.39. The molecule has 0 spiro atoms. The molecule has 0 aliphatic rings. The summed E-state index contributed by atoms with van der Waals surface area (Å²) in [4.78, 5) is 22.1. The van der Waals surface area contributed by atoms with Gasteiger partial charge in [-0.05, 0) is 19.1 Å². The Kier molecular flexibility index (Phi) is 5.74. The highest BCUT2D eigenvalue weighted by atomic mass is 16.6. The molecule has 0 heterocycles. The van der Waals surface area contributed by atoms with Gasteiger partial charge in [0, 0.05) is 31.8 Å². The number of carbonyl (C=O) groups is 1. The van der Waals surface area contributed by atoms with Crippen molar-refractivity contribution >= 4 is 17.3 Å². The number of amides is 1. The molecule has 104 valence electrons. The van der Waals surface area contributed by atoms with E-state index in [1.54, 1.807) is 14.0 Å². The molecule has 0 radical (unpaired) electrons. The summed E-state index contributed by atoms with van der Waals surface area (Å²) in [7, 11) is 1.54. The van der Waals surface area contributed by atoms with Crippen LogP contribution in [0.4, 0.5) is 11.4 Å². The summed E-state index contributed by atoms with van der Waals surface area (Å²) < 4.78 is 4.87. The Morgan fingerprint density at radius 3 is 2.79 bits per heavy atom. The van der Waals surface area contributed by atoms with Gasteiger partial charge in [-0.25, -0.2) is 0 Å². The Bertz CT molecular complexity index is 462. The van der Waals surface area contributed by atoms with Crippen LogP contribution < -0.4 is 10.6 Å². The molecule has 0 unspecified atom stereocenters. The second-order valence-corrected chi connectivity index (χ2v) is 3.77. The predicted octanol–water partition coefficient (Wildman–Crippen LogP) is 1.40. The van der Waals surface area contributed by atoms with Gasteiger partial charge in [0.1, 0.15) is 5.69 Å². The van der Waals surface area contributed by atoms with Crippen molar-refractivity contribution in [1.29, 1.82) is 0 Å². The number of anilines is 1. The normalized spacial score (nSPS) is 10.0. The smallest absolute Gasteiger partial charge is 0.292 e. The standard InChI is InChI=1S/C12H17N3O4/c1-3-13-12(16)9-4-5-11(15(17)18)10(8-9)14-6-7-19-2/h4-5,8,14H,3,6-7H2,1-2H3,(H,13,16). The third-order valence-electron chi connectivity index (χ3n) is 2.41. The van der Waals surface area contributed by atoms with E-state index in [4.69, 9.17) is 4.74 Å². The van der Waals surface area contributed by atoms with E-state index >= 15 is 0 Å². The van der Waals surface area contributed by atoms with Gasteiger partial charge in [-0.3, -0.25) is 14.9 Å². The first-order valence-corrected chi connectivity index (χ1v) is 5.89. The van der Waals surface area contributed by atoms with Gasteiger partial charge in [0.25, 0.3) is 11.6 Å². The van der Waals surface area contributed by atoms with Crippen molar-refractivity contribution in [3.8, 4) is 0 Å². The molecular formula is C12H17N3O4. The number of carbonyl (C=O) groups excluding carboxylic acids is 1. The predicted molar refractivity (Wildman–Crippen MR) is 71.5 cm³/mol. The molecule has 0 bridgehead atoms. The van der Waals surface area contributed by atoms with E-state index in [1.807, 2.05) is 0 Å². The van der Waals surface area contributed by atoms with E-state index in [9.17, 15) is 14.9 Å². The third-order valence-corrected chi connectivity index (χ3v) is 2.41. The molecular weight excluding hydrogens is 250 g/mol. The highest BCUT2D eigenvalue weighted by Crippen LogP contribution is 2.25. The van der Waals surface area contributed by atoms with Crippen LogP contribution >= 0.6 is 0 Å². The van der Waals surface area contributed by atoms with Crippen LogP contribution in [0, 0.1) is 10.1 Å². The summed E-state index contributed by atoms with van der Waals surface area (Å²) in [5.41, 5.74) is 0.627. The number of methoxy groups -OCH3 is 1. The van der Waals surface area contributed by atoms with E-state index in [0.29, 0.717) is 30.9 Å². The van der Waals surface area contributed by atoms with Crippen LogP contribution in [0.15, 0.2) is 18.2 Å². The van der Waals surface area contributed by atoms with E-state index in [-0.39, 0.29) is 11.6 Å². The summed E-state index contributed by atoms with van der Waals surface area (Å²) >= 11 is 0. The Labute approximate surface area is 111 Å². The first-order chi connectivity index (χ1) is 9.10. The van der Waals surface area contributed by atoms with Crippen LogP contribution in [0.25, 0.3) is 0 Å². The molecule has 7 nitrogen and oxygen atoms in total. The van der Waals surface area contributed by atoms with Gasteiger partial charge in [0.2, 0.25) is 0 Å². The van der Waals surface area contributed by atoms with E-state index in [0.717, 1.165) is 0 Å². The van der Waals surface area contributed by atoms with Gasteiger partial charge in [0.15, 0.2) is 0 Å². The molecule has 1 amide bonds. The van der Waals surface area contributed by atoms with Gasteiger partial charge in [0.05, 0.1) is 11.5 Å². The number of nitro groups is 1. The van der Waals surface area contributed by atoms with Crippen LogP contribution in [-0.4, -0.2) is 37.6 Å². The van der Waals surface area contributed by atoms with E-state index in [1.165, 1.54) is 18.2 Å². The fourth-order valence-electron chi connectivity index (χ4n) is 1.53. The Morgan fingerprint density at radius 2 is 2.21 bits per heavy atom. The minimum absolute atomic E-state index is 0.0656. The number of nitro benzene ring substituents is 1. The van der Waals surface area contributed by atoms with Crippen LogP contribution in [0.2, 0.25) is 0 Å². The molecule has 1 aromatic rings. The van der Waals surface area contributed by atoms with Crippen molar-refractivity contribution < 1.29 is 14.5 Å². The quantitative estimate of drug-likeness (QED) is 0.442.